The molecule has 0 saturated heterocycles. The molecule has 17 heavy (non-hydrogen) atoms. The highest BCUT2D eigenvalue weighted by atomic mass is 16.6. The zero-order chi connectivity index (χ0) is 12.8. The molecule has 0 heterocycles. The number of carbonyl (C=O) groups excluding carboxylic acids is 1. The van der Waals surface area contributed by atoms with E-state index in [-0.39, 0.29) is 11.6 Å². The number of nitro benzene ring substituents is 1. The average Bonchev–Trinajstić information content (AvgIpc) is 2.29. The Morgan fingerprint density at radius 1 is 1.53 bits per heavy atom. The molecule has 0 radical (unpaired) electrons. The lowest BCUT2D eigenvalue weighted by Crippen LogP contribution is -2.11. The largest absolute Gasteiger partial charge is 0.495 e. The molecule has 0 aliphatic carbocycles. The van der Waals surface area contributed by atoms with Crippen LogP contribution >= 0.6 is 0 Å². The second-order valence-electron chi connectivity index (χ2n) is 3.44. The summed E-state index contributed by atoms with van der Waals surface area (Å²) in [4.78, 5) is 21.5. The lowest BCUT2D eigenvalue weighted by molar-refractivity contribution is -0.384. The predicted octanol–water partition coefficient (Wildman–Crippen LogP) is 2.34. The van der Waals surface area contributed by atoms with Gasteiger partial charge in [0.2, 0.25) is 5.91 Å². The molecule has 6 heteroatoms. The van der Waals surface area contributed by atoms with E-state index in [0.29, 0.717) is 24.3 Å². The minimum Gasteiger partial charge on any atom is -0.495 e. The maximum atomic E-state index is 11.4. The van der Waals surface area contributed by atoms with Gasteiger partial charge in [-0.05, 0) is 12.5 Å². The smallest absolute Gasteiger partial charge is 0.271 e. The van der Waals surface area contributed by atoms with Gasteiger partial charge in [0.25, 0.3) is 5.69 Å². The van der Waals surface area contributed by atoms with Crippen LogP contribution in [-0.4, -0.2) is 17.9 Å². The molecule has 0 aliphatic rings. The van der Waals surface area contributed by atoms with Crippen LogP contribution in [0.15, 0.2) is 18.2 Å². The Kier molecular flexibility index (Phi) is 4.45. The minimum atomic E-state index is -0.519. The van der Waals surface area contributed by atoms with Crippen molar-refractivity contribution < 1.29 is 14.5 Å². The average molecular weight is 238 g/mol. The summed E-state index contributed by atoms with van der Waals surface area (Å²) in [5.41, 5.74) is 0.234. The van der Waals surface area contributed by atoms with Crippen LogP contribution in [-0.2, 0) is 4.79 Å². The van der Waals surface area contributed by atoms with Gasteiger partial charge in [-0.25, -0.2) is 0 Å². The molecule has 0 saturated carbocycles. The maximum absolute atomic E-state index is 11.4. The number of nitrogens with one attached hydrogen (secondary N) is 1. The number of anilines is 1. The topological polar surface area (TPSA) is 81.5 Å². The fourth-order valence-electron chi connectivity index (χ4n) is 1.35. The van der Waals surface area contributed by atoms with Crippen LogP contribution < -0.4 is 10.1 Å². The molecule has 1 aromatic carbocycles. The molecule has 0 aliphatic heterocycles. The first-order chi connectivity index (χ1) is 8.08. The first-order valence-corrected chi connectivity index (χ1v) is 5.20. The Morgan fingerprint density at radius 2 is 2.24 bits per heavy atom. The number of rotatable bonds is 5. The van der Waals surface area contributed by atoms with Gasteiger partial charge >= 0.3 is 0 Å². The molecule has 1 aromatic rings. The Hall–Kier alpha value is -2.11. The summed E-state index contributed by atoms with van der Waals surface area (Å²) < 4.78 is 5.02. The quantitative estimate of drug-likeness (QED) is 0.630. The molecule has 6 nitrogen and oxygen atoms in total. The van der Waals surface area contributed by atoms with E-state index in [4.69, 9.17) is 4.74 Å². The van der Waals surface area contributed by atoms with E-state index < -0.39 is 4.92 Å². The molecule has 0 aromatic heterocycles. The van der Waals surface area contributed by atoms with Crippen molar-refractivity contribution in [1.82, 2.24) is 0 Å². The SMILES string of the molecule is CCCC(=O)Nc1cc([N+](=O)[O-])ccc1OC. The molecule has 0 spiro atoms. The van der Waals surface area contributed by atoms with Crippen LogP contribution in [0.4, 0.5) is 11.4 Å². The van der Waals surface area contributed by atoms with Crippen LogP contribution in [0.1, 0.15) is 19.8 Å². The fraction of sp³-hybridized carbons (Fsp3) is 0.364. The van der Waals surface area contributed by atoms with E-state index in [0.717, 1.165) is 0 Å². The van der Waals surface area contributed by atoms with E-state index in [1.807, 2.05) is 6.92 Å². The molecule has 1 amide bonds. The van der Waals surface area contributed by atoms with Crippen molar-refractivity contribution in [1.29, 1.82) is 0 Å². The van der Waals surface area contributed by atoms with E-state index in [9.17, 15) is 14.9 Å². The first-order valence-electron chi connectivity index (χ1n) is 5.20. The van der Waals surface area contributed by atoms with Gasteiger partial charge in [0, 0.05) is 18.6 Å². The van der Waals surface area contributed by atoms with Gasteiger partial charge in [-0.2, -0.15) is 0 Å². The van der Waals surface area contributed by atoms with Crippen LogP contribution in [0.3, 0.4) is 0 Å². The van der Waals surface area contributed by atoms with E-state index in [1.165, 1.54) is 25.3 Å². The standard InChI is InChI=1S/C11H14N2O4/c1-3-4-11(14)12-9-7-8(13(15)16)5-6-10(9)17-2/h5-7H,3-4H2,1-2H3,(H,12,14). The molecule has 0 fully saturated rings. The number of ether oxygens (including phenoxy) is 1. The number of nitro groups is 1. The van der Waals surface area contributed by atoms with Crippen LogP contribution in [0.2, 0.25) is 0 Å². The van der Waals surface area contributed by atoms with Gasteiger partial charge in [0.1, 0.15) is 5.75 Å². The number of benzene rings is 1. The van der Waals surface area contributed by atoms with Crippen LogP contribution in [0.5, 0.6) is 5.75 Å². The molecule has 1 rings (SSSR count). The van der Waals surface area contributed by atoms with Crippen molar-refractivity contribution in [3.63, 3.8) is 0 Å². The minimum absolute atomic E-state index is 0.0856. The van der Waals surface area contributed by atoms with Crippen molar-refractivity contribution in [2.75, 3.05) is 12.4 Å². The molecular formula is C11H14N2O4. The summed E-state index contributed by atoms with van der Waals surface area (Å²) in [6.07, 6.45) is 1.08. The van der Waals surface area contributed by atoms with Gasteiger partial charge in [-0.1, -0.05) is 6.92 Å². The number of hydrogen-bond donors (Lipinski definition) is 1. The lowest BCUT2D eigenvalue weighted by atomic mass is 10.2. The third-order valence-electron chi connectivity index (χ3n) is 2.15. The van der Waals surface area contributed by atoms with Gasteiger partial charge in [-0.3, -0.25) is 14.9 Å². The number of hydrogen-bond acceptors (Lipinski definition) is 4. The van der Waals surface area contributed by atoms with E-state index in [2.05, 4.69) is 5.32 Å². The highest BCUT2D eigenvalue weighted by Gasteiger charge is 2.12. The molecule has 92 valence electrons. The van der Waals surface area contributed by atoms with Crippen molar-refractivity contribution in [2.45, 2.75) is 19.8 Å². The number of amides is 1. The molecule has 0 atom stereocenters. The van der Waals surface area contributed by atoms with Crippen LogP contribution in [0.25, 0.3) is 0 Å². The predicted molar refractivity (Wildman–Crippen MR) is 63.2 cm³/mol. The van der Waals surface area contributed by atoms with Crippen LogP contribution in [0, 0.1) is 10.1 Å². The number of non-ortho nitro benzene ring substituents is 1. The Balaban J connectivity index is 2.97. The molecular weight excluding hydrogens is 224 g/mol. The normalized spacial score (nSPS) is 9.76. The highest BCUT2D eigenvalue weighted by molar-refractivity contribution is 5.92. The number of nitrogens with zero attached hydrogens (tertiary/aromatic N) is 1. The lowest BCUT2D eigenvalue weighted by Gasteiger charge is -2.09. The Labute approximate surface area is 98.7 Å². The van der Waals surface area contributed by atoms with Gasteiger partial charge in [0.15, 0.2) is 0 Å². The molecule has 0 unspecified atom stereocenters. The molecule has 1 N–H and O–H groups in total. The van der Waals surface area contributed by atoms with Gasteiger partial charge in [0.05, 0.1) is 17.7 Å². The summed E-state index contributed by atoms with van der Waals surface area (Å²) in [6.45, 7) is 1.88. The summed E-state index contributed by atoms with van der Waals surface area (Å²) in [6, 6.07) is 4.07. The second kappa shape index (κ2) is 5.83. The van der Waals surface area contributed by atoms with E-state index in [1.54, 1.807) is 0 Å². The summed E-state index contributed by atoms with van der Waals surface area (Å²) >= 11 is 0. The summed E-state index contributed by atoms with van der Waals surface area (Å²) in [5, 5.41) is 13.2. The van der Waals surface area contributed by atoms with Crippen molar-refractivity contribution >= 4 is 17.3 Å². The third kappa shape index (κ3) is 3.44. The summed E-state index contributed by atoms with van der Waals surface area (Å²) in [7, 11) is 1.44. The number of carbonyl (C=O) groups is 1. The zero-order valence-corrected chi connectivity index (χ0v) is 9.73. The third-order valence-corrected chi connectivity index (χ3v) is 2.15. The number of methoxy groups -OCH3 is 1. The van der Waals surface area contributed by atoms with Crippen molar-refractivity contribution in [3.8, 4) is 5.75 Å². The zero-order valence-electron chi connectivity index (χ0n) is 9.73. The van der Waals surface area contributed by atoms with Gasteiger partial charge in [-0.15, -0.1) is 0 Å². The van der Waals surface area contributed by atoms with E-state index >= 15 is 0 Å². The second-order valence-corrected chi connectivity index (χ2v) is 3.44. The Morgan fingerprint density at radius 3 is 2.76 bits per heavy atom. The summed E-state index contributed by atoms with van der Waals surface area (Å²) in [5.74, 6) is 0.214. The fourth-order valence-corrected chi connectivity index (χ4v) is 1.35. The van der Waals surface area contributed by atoms with Crippen molar-refractivity contribution in [2.24, 2.45) is 0 Å². The van der Waals surface area contributed by atoms with Gasteiger partial charge < -0.3 is 10.1 Å². The Bertz CT molecular complexity index is 431. The monoisotopic (exact) mass is 238 g/mol. The molecule has 0 bridgehead atoms. The first kappa shape index (κ1) is 13.0. The highest BCUT2D eigenvalue weighted by Crippen LogP contribution is 2.28. The van der Waals surface area contributed by atoms with Crippen molar-refractivity contribution in [3.05, 3.63) is 28.3 Å². The maximum Gasteiger partial charge on any atom is 0.271 e.